The largest absolute Gasteiger partial charge is 0.495 e. The molecule has 1 fully saturated rings. The predicted octanol–water partition coefficient (Wildman–Crippen LogP) is 2.17. The number of nitrogens with zero attached hydrogens (tertiary/aromatic N) is 2. The maximum atomic E-state index is 11.7. The number of thiocarbonyl (C=S) groups is 1. The highest BCUT2D eigenvalue weighted by atomic mass is 32.1. The summed E-state index contributed by atoms with van der Waals surface area (Å²) in [5, 5.41) is 3.83. The average Bonchev–Trinajstić information content (AvgIpc) is 2.55. The molecule has 22 heavy (non-hydrogen) atoms. The monoisotopic (exact) mass is 323 g/mol. The molecule has 0 spiro atoms. The smallest absolute Gasteiger partial charge is 0.409 e. The van der Waals surface area contributed by atoms with Crippen LogP contribution in [-0.4, -0.2) is 60.9 Å². The number of anilines is 1. The fourth-order valence-corrected chi connectivity index (χ4v) is 2.54. The number of carbonyl (C=O) groups excluding carboxylic acids is 1. The second-order valence-corrected chi connectivity index (χ2v) is 5.19. The first-order chi connectivity index (χ1) is 10.7. The lowest BCUT2D eigenvalue weighted by atomic mass is 10.3. The molecule has 0 aromatic heterocycles. The van der Waals surface area contributed by atoms with Crippen LogP contribution < -0.4 is 10.1 Å². The molecular formula is C15H21N3O3S. The lowest BCUT2D eigenvalue weighted by Gasteiger charge is -2.35. The Kier molecular flexibility index (Phi) is 5.83. The molecule has 0 unspecified atom stereocenters. The van der Waals surface area contributed by atoms with Crippen molar-refractivity contribution in [2.75, 3.05) is 45.2 Å². The summed E-state index contributed by atoms with van der Waals surface area (Å²) in [6.07, 6.45) is -0.259. The Morgan fingerprint density at radius 1 is 1.23 bits per heavy atom. The molecule has 7 heteroatoms. The number of hydrogen-bond acceptors (Lipinski definition) is 4. The van der Waals surface area contributed by atoms with E-state index in [4.69, 9.17) is 21.7 Å². The molecule has 0 bridgehead atoms. The van der Waals surface area contributed by atoms with Crippen molar-refractivity contribution in [3.8, 4) is 5.75 Å². The minimum absolute atomic E-state index is 0.259. The molecule has 0 aliphatic carbocycles. The first-order valence-electron chi connectivity index (χ1n) is 7.26. The molecule has 1 aliphatic heterocycles. The maximum Gasteiger partial charge on any atom is 0.409 e. The van der Waals surface area contributed by atoms with Gasteiger partial charge in [0.25, 0.3) is 0 Å². The van der Waals surface area contributed by atoms with Crippen LogP contribution in [0.1, 0.15) is 6.92 Å². The number of amides is 1. The second kappa shape index (κ2) is 7.84. The second-order valence-electron chi connectivity index (χ2n) is 4.80. The molecule has 1 amide bonds. The van der Waals surface area contributed by atoms with Crippen molar-refractivity contribution >= 4 is 29.1 Å². The third kappa shape index (κ3) is 4.00. The van der Waals surface area contributed by atoms with Crippen molar-refractivity contribution in [2.24, 2.45) is 0 Å². The minimum atomic E-state index is -0.259. The molecule has 1 aromatic rings. The van der Waals surface area contributed by atoms with E-state index in [9.17, 15) is 4.79 Å². The molecule has 2 rings (SSSR count). The van der Waals surface area contributed by atoms with Crippen molar-refractivity contribution in [3.63, 3.8) is 0 Å². The van der Waals surface area contributed by atoms with Gasteiger partial charge in [-0.3, -0.25) is 0 Å². The third-order valence-corrected chi connectivity index (χ3v) is 3.80. The van der Waals surface area contributed by atoms with Crippen LogP contribution in [-0.2, 0) is 4.74 Å². The summed E-state index contributed by atoms with van der Waals surface area (Å²) in [6, 6.07) is 7.63. The number of piperazine rings is 1. The lowest BCUT2D eigenvalue weighted by molar-refractivity contribution is 0.0923. The van der Waals surface area contributed by atoms with Crippen LogP contribution in [0.2, 0.25) is 0 Å². The number of methoxy groups -OCH3 is 1. The Morgan fingerprint density at radius 3 is 2.50 bits per heavy atom. The molecule has 120 valence electrons. The SMILES string of the molecule is CCOC(=O)N1CCN(C(=S)Nc2ccccc2OC)CC1. The van der Waals surface area contributed by atoms with E-state index in [1.54, 1.807) is 18.9 Å². The molecular weight excluding hydrogens is 302 g/mol. The molecule has 0 radical (unpaired) electrons. The Hall–Kier alpha value is -2.02. The zero-order chi connectivity index (χ0) is 15.9. The van der Waals surface area contributed by atoms with Gasteiger partial charge in [-0.05, 0) is 31.3 Å². The van der Waals surface area contributed by atoms with E-state index < -0.39 is 0 Å². The van der Waals surface area contributed by atoms with Crippen LogP contribution in [0.25, 0.3) is 0 Å². The van der Waals surface area contributed by atoms with Gasteiger partial charge in [-0.25, -0.2) is 4.79 Å². The molecule has 1 aromatic carbocycles. The number of nitrogens with one attached hydrogen (secondary N) is 1. The zero-order valence-electron chi connectivity index (χ0n) is 12.9. The van der Waals surface area contributed by atoms with Gasteiger partial charge in [-0.2, -0.15) is 0 Å². The van der Waals surface area contributed by atoms with E-state index >= 15 is 0 Å². The van der Waals surface area contributed by atoms with Crippen LogP contribution in [0.3, 0.4) is 0 Å². The molecule has 0 atom stereocenters. The molecule has 1 saturated heterocycles. The van der Waals surface area contributed by atoms with E-state index in [0.717, 1.165) is 11.4 Å². The fourth-order valence-electron chi connectivity index (χ4n) is 2.25. The van der Waals surface area contributed by atoms with Crippen LogP contribution in [0, 0.1) is 0 Å². The van der Waals surface area contributed by atoms with Gasteiger partial charge in [-0.15, -0.1) is 0 Å². The summed E-state index contributed by atoms with van der Waals surface area (Å²) in [6.45, 7) is 4.77. The highest BCUT2D eigenvalue weighted by Gasteiger charge is 2.23. The van der Waals surface area contributed by atoms with Gasteiger partial charge in [0.15, 0.2) is 5.11 Å². The molecule has 1 aliphatic rings. The minimum Gasteiger partial charge on any atom is -0.495 e. The van der Waals surface area contributed by atoms with Gasteiger partial charge in [0, 0.05) is 26.2 Å². The van der Waals surface area contributed by atoms with Crippen LogP contribution in [0.15, 0.2) is 24.3 Å². The van der Waals surface area contributed by atoms with Gasteiger partial charge >= 0.3 is 6.09 Å². The zero-order valence-corrected chi connectivity index (χ0v) is 13.7. The van der Waals surface area contributed by atoms with Crippen LogP contribution >= 0.6 is 12.2 Å². The van der Waals surface area contributed by atoms with Crippen LogP contribution in [0.5, 0.6) is 5.75 Å². The predicted molar refractivity (Wildman–Crippen MR) is 89.4 cm³/mol. The van der Waals surface area contributed by atoms with Gasteiger partial charge in [0.05, 0.1) is 19.4 Å². The van der Waals surface area contributed by atoms with Gasteiger partial charge in [0.1, 0.15) is 5.75 Å². The first kappa shape index (κ1) is 16.4. The normalized spacial score (nSPS) is 14.5. The van der Waals surface area contributed by atoms with Gasteiger partial charge in [-0.1, -0.05) is 12.1 Å². The summed E-state index contributed by atoms with van der Waals surface area (Å²) in [5.74, 6) is 0.745. The first-order valence-corrected chi connectivity index (χ1v) is 7.67. The van der Waals surface area contributed by atoms with Gasteiger partial charge < -0.3 is 24.6 Å². The van der Waals surface area contributed by atoms with Gasteiger partial charge in [0.2, 0.25) is 0 Å². The average molecular weight is 323 g/mol. The van der Waals surface area contributed by atoms with Crippen molar-refractivity contribution in [1.82, 2.24) is 9.80 Å². The molecule has 1 heterocycles. The van der Waals surface area contributed by atoms with Crippen molar-refractivity contribution in [1.29, 1.82) is 0 Å². The summed E-state index contributed by atoms with van der Waals surface area (Å²) in [5.41, 5.74) is 0.836. The van der Waals surface area contributed by atoms with E-state index in [0.29, 0.717) is 37.9 Å². The number of carbonyl (C=O) groups is 1. The van der Waals surface area contributed by atoms with Crippen molar-refractivity contribution in [2.45, 2.75) is 6.92 Å². The quantitative estimate of drug-likeness (QED) is 0.861. The number of rotatable bonds is 3. The third-order valence-electron chi connectivity index (χ3n) is 3.44. The molecule has 1 N–H and O–H groups in total. The Bertz CT molecular complexity index is 531. The van der Waals surface area contributed by atoms with E-state index in [-0.39, 0.29) is 6.09 Å². The standard InChI is InChI=1S/C15H21N3O3S/c1-3-21-15(19)18-10-8-17(9-11-18)14(22)16-12-6-4-5-7-13(12)20-2/h4-7H,3,8-11H2,1-2H3,(H,16,22). The number of para-hydroxylation sites is 2. The summed E-state index contributed by atoms with van der Waals surface area (Å²) in [7, 11) is 1.63. The molecule has 6 nitrogen and oxygen atoms in total. The molecule has 0 saturated carbocycles. The lowest BCUT2D eigenvalue weighted by Crippen LogP contribution is -2.51. The van der Waals surface area contributed by atoms with Crippen molar-refractivity contribution < 1.29 is 14.3 Å². The number of ether oxygens (including phenoxy) is 2. The Morgan fingerprint density at radius 2 is 1.86 bits per heavy atom. The summed E-state index contributed by atoms with van der Waals surface area (Å²) in [4.78, 5) is 15.4. The Labute approximate surface area is 136 Å². The maximum absolute atomic E-state index is 11.7. The number of benzene rings is 1. The van der Waals surface area contributed by atoms with E-state index in [1.165, 1.54) is 0 Å². The highest BCUT2D eigenvalue weighted by molar-refractivity contribution is 7.80. The Balaban J connectivity index is 1.89. The fraction of sp³-hybridized carbons (Fsp3) is 0.467. The van der Waals surface area contributed by atoms with E-state index in [2.05, 4.69) is 5.32 Å². The van der Waals surface area contributed by atoms with Crippen molar-refractivity contribution in [3.05, 3.63) is 24.3 Å². The summed E-state index contributed by atoms with van der Waals surface area (Å²) < 4.78 is 10.3. The van der Waals surface area contributed by atoms with E-state index in [1.807, 2.05) is 29.2 Å². The number of hydrogen-bond donors (Lipinski definition) is 1. The summed E-state index contributed by atoms with van der Waals surface area (Å²) >= 11 is 5.44. The van der Waals surface area contributed by atoms with Crippen LogP contribution in [0.4, 0.5) is 10.5 Å². The topological polar surface area (TPSA) is 54.0 Å². The highest BCUT2D eigenvalue weighted by Crippen LogP contribution is 2.23.